The number of hydrogen-bond acceptors (Lipinski definition) is 5. The van der Waals surface area contributed by atoms with Gasteiger partial charge in [-0.25, -0.2) is 0 Å². The van der Waals surface area contributed by atoms with Crippen LogP contribution >= 0.6 is 0 Å². The van der Waals surface area contributed by atoms with Crippen LogP contribution in [0, 0.1) is 0 Å². The quantitative estimate of drug-likeness (QED) is 0.849. The van der Waals surface area contributed by atoms with Crippen molar-refractivity contribution in [2.45, 2.75) is 31.8 Å². The number of benzene rings is 1. The molecule has 0 aromatic heterocycles. The van der Waals surface area contributed by atoms with Gasteiger partial charge < -0.3 is 14.2 Å². The summed E-state index contributed by atoms with van der Waals surface area (Å²) < 4.78 is 16.3. The minimum atomic E-state index is -0.635. The number of nitrogens with one attached hydrogen (secondary N) is 1. The van der Waals surface area contributed by atoms with Gasteiger partial charge in [-0.3, -0.25) is 10.1 Å². The molecule has 1 aromatic rings. The van der Waals surface area contributed by atoms with Crippen LogP contribution in [0.5, 0.6) is 0 Å². The first-order valence-electron chi connectivity index (χ1n) is 6.69. The molecular formula is C15H21NO4. The van der Waals surface area contributed by atoms with E-state index in [0.717, 1.165) is 5.56 Å². The summed E-state index contributed by atoms with van der Waals surface area (Å²) in [5.41, 5.74) is 1.06. The Labute approximate surface area is 119 Å². The highest BCUT2D eigenvalue weighted by molar-refractivity contribution is 5.71. The van der Waals surface area contributed by atoms with E-state index in [1.54, 1.807) is 0 Å². The van der Waals surface area contributed by atoms with E-state index in [9.17, 15) is 4.79 Å². The number of hydrogen-bond donors (Lipinski definition) is 1. The van der Waals surface area contributed by atoms with E-state index >= 15 is 0 Å². The zero-order valence-electron chi connectivity index (χ0n) is 12.1. The molecule has 1 aliphatic heterocycles. The molecule has 0 bridgehead atoms. The standard InChI is InChI=1S/C15H21NO4/c1-15(2)19-10-12(16-9-13(17)18-3)14(20-15)11-7-5-4-6-8-11/h4-8,12,14,16H,9-10H2,1-3H3/t12-,14-/m0/s1. The van der Waals surface area contributed by atoms with Gasteiger partial charge in [0.15, 0.2) is 5.79 Å². The van der Waals surface area contributed by atoms with Crippen molar-refractivity contribution < 1.29 is 19.0 Å². The molecule has 2 rings (SSSR count). The molecule has 0 spiro atoms. The average molecular weight is 279 g/mol. The maximum atomic E-state index is 11.3. The molecule has 0 saturated carbocycles. The van der Waals surface area contributed by atoms with Crippen molar-refractivity contribution in [2.24, 2.45) is 0 Å². The van der Waals surface area contributed by atoms with E-state index in [0.29, 0.717) is 6.61 Å². The summed E-state index contributed by atoms with van der Waals surface area (Å²) in [7, 11) is 1.37. The zero-order chi connectivity index (χ0) is 14.6. The van der Waals surface area contributed by atoms with Crippen molar-refractivity contribution >= 4 is 5.97 Å². The highest BCUT2D eigenvalue weighted by Gasteiger charge is 2.37. The lowest BCUT2D eigenvalue weighted by Gasteiger charge is -2.41. The molecule has 1 aliphatic rings. The first-order valence-corrected chi connectivity index (χ1v) is 6.69. The zero-order valence-corrected chi connectivity index (χ0v) is 12.1. The van der Waals surface area contributed by atoms with Crippen LogP contribution in [0.25, 0.3) is 0 Å². The maximum Gasteiger partial charge on any atom is 0.319 e. The Bertz CT molecular complexity index is 446. The van der Waals surface area contributed by atoms with Gasteiger partial charge in [-0.2, -0.15) is 0 Å². The third kappa shape index (κ3) is 3.79. The van der Waals surface area contributed by atoms with Gasteiger partial charge in [0.1, 0.15) is 6.10 Å². The molecule has 110 valence electrons. The van der Waals surface area contributed by atoms with Crippen LogP contribution in [0.2, 0.25) is 0 Å². The Hall–Kier alpha value is -1.43. The number of methoxy groups -OCH3 is 1. The summed E-state index contributed by atoms with van der Waals surface area (Å²) >= 11 is 0. The van der Waals surface area contributed by atoms with Crippen LogP contribution in [0.3, 0.4) is 0 Å². The molecule has 0 amide bonds. The summed E-state index contributed by atoms with van der Waals surface area (Å²) in [6.07, 6.45) is -0.162. The van der Waals surface area contributed by atoms with Crippen molar-refractivity contribution in [2.75, 3.05) is 20.3 Å². The molecule has 1 aromatic carbocycles. The van der Waals surface area contributed by atoms with E-state index in [-0.39, 0.29) is 24.7 Å². The smallest absolute Gasteiger partial charge is 0.319 e. The highest BCUT2D eigenvalue weighted by Crippen LogP contribution is 2.32. The third-order valence-corrected chi connectivity index (χ3v) is 3.25. The van der Waals surface area contributed by atoms with Gasteiger partial charge in [0.05, 0.1) is 26.3 Å². The second-order valence-corrected chi connectivity index (χ2v) is 5.22. The second-order valence-electron chi connectivity index (χ2n) is 5.22. The Morgan fingerprint density at radius 1 is 1.40 bits per heavy atom. The number of ether oxygens (including phenoxy) is 3. The molecule has 20 heavy (non-hydrogen) atoms. The van der Waals surface area contributed by atoms with E-state index in [1.165, 1.54) is 7.11 Å². The first kappa shape index (κ1) is 15.0. The highest BCUT2D eigenvalue weighted by atomic mass is 16.7. The van der Waals surface area contributed by atoms with Gasteiger partial charge in [0.25, 0.3) is 0 Å². The van der Waals surface area contributed by atoms with Crippen molar-refractivity contribution in [1.29, 1.82) is 0 Å². The van der Waals surface area contributed by atoms with Gasteiger partial charge >= 0.3 is 5.97 Å². The molecule has 1 heterocycles. The van der Waals surface area contributed by atoms with Crippen molar-refractivity contribution in [3.63, 3.8) is 0 Å². The number of carbonyl (C=O) groups is 1. The molecule has 1 N–H and O–H groups in total. The number of carbonyl (C=O) groups excluding carboxylic acids is 1. The fourth-order valence-corrected chi connectivity index (χ4v) is 2.20. The third-order valence-electron chi connectivity index (χ3n) is 3.25. The molecule has 0 aliphatic carbocycles. The number of rotatable bonds is 4. The Morgan fingerprint density at radius 2 is 2.10 bits per heavy atom. The molecule has 5 nitrogen and oxygen atoms in total. The van der Waals surface area contributed by atoms with E-state index in [2.05, 4.69) is 10.1 Å². The van der Waals surface area contributed by atoms with Crippen LogP contribution in [-0.2, 0) is 19.0 Å². The predicted molar refractivity (Wildman–Crippen MR) is 74.1 cm³/mol. The monoisotopic (exact) mass is 279 g/mol. The van der Waals surface area contributed by atoms with E-state index in [4.69, 9.17) is 9.47 Å². The maximum absolute atomic E-state index is 11.3. The van der Waals surface area contributed by atoms with E-state index < -0.39 is 5.79 Å². The van der Waals surface area contributed by atoms with Crippen LogP contribution in [0.4, 0.5) is 0 Å². The van der Waals surface area contributed by atoms with Crippen molar-refractivity contribution in [3.8, 4) is 0 Å². The molecule has 5 heteroatoms. The first-order chi connectivity index (χ1) is 9.52. The Kier molecular flexibility index (Phi) is 4.75. The molecule has 1 fully saturated rings. The number of esters is 1. The minimum absolute atomic E-state index is 0.0930. The summed E-state index contributed by atoms with van der Waals surface area (Å²) in [6.45, 7) is 4.39. The van der Waals surface area contributed by atoms with Crippen molar-refractivity contribution in [3.05, 3.63) is 35.9 Å². The molecular weight excluding hydrogens is 258 g/mol. The van der Waals surface area contributed by atoms with Gasteiger partial charge in [-0.1, -0.05) is 30.3 Å². The van der Waals surface area contributed by atoms with Gasteiger partial charge in [-0.05, 0) is 19.4 Å². The normalized spacial score (nSPS) is 25.1. The van der Waals surface area contributed by atoms with E-state index in [1.807, 2.05) is 44.2 Å². The lowest BCUT2D eigenvalue weighted by Crippen LogP contribution is -2.51. The minimum Gasteiger partial charge on any atom is -0.468 e. The van der Waals surface area contributed by atoms with Crippen LogP contribution < -0.4 is 5.32 Å². The molecule has 0 unspecified atom stereocenters. The topological polar surface area (TPSA) is 56.8 Å². The van der Waals surface area contributed by atoms with Gasteiger partial charge in [0, 0.05) is 0 Å². The van der Waals surface area contributed by atoms with Gasteiger partial charge in [-0.15, -0.1) is 0 Å². The van der Waals surface area contributed by atoms with Crippen LogP contribution in [0.1, 0.15) is 25.5 Å². The average Bonchev–Trinajstić information content (AvgIpc) is 2.46. The fraction of sp³-hybridized carbons (Fsp3) is 0.533. The largest absolute Gasteiger partial charge is 0.468 e. The van der Waals surface area contributed by atoms with Crippen LogP contribution in [-0.4, -0.2) is 38.1 Å². The lowest BCUT2D eigenvalue weighted by atomic mass is 10.0. The fourth-order valence-electron chi connectivity index (χ4n) is 2.20. The summed E-state index contributed by atoms with van der Waals surface area (Å²) in [6, 6.07) is 9.84. The van der Waals surface area contributed by atoms with Crippen LogP contribution in [0.15, 0.2) is 30.3 Å². The molecule has 1 saturated heterocycles. The summed E-state index contributed by atoms with van der Waals surface area (Å²) in [5.74, 6) is -0.939. The predicted octanol–water partition coefficient (Wildman–Crippen LogP) is 1.64. The lowest BCUT2D eigenvalue weighted by molar-refractivity contribution is -0.285. The molecule has 0 radical (unpaired) electrons. The Morgan fingerprint density at radius 3 is 2.75 bits per heavy atom. The summed E-state index contributed by atoms with van der Waals surface area (Å²) in [5, 5.41) is 3.13. The van der Waals surface area contributed by atoms with Crippen molar-refractivity contribution in [1.82, 2.24) is 5.32 Å². The summed E-state index contributed by atoms with van der Waals surface area (Å²) in [4.78, 5) is 11.3. The SMILES string of the molecule is COC(=O)CN[C@H]1COC(C)(C)O[C@H]1c1ccccc1. The van der Waals surface area contributed by atoms with Gasteiger partial charge in [0.2, 0.25) is 0 Å². The second kappa shape index (κ2) is 6.35. The molecule has 2 atom stereocenters. The Balaban J connectivity index is 2.10.